The quantitative estimate of drug-likeness (QED) is 0.173. The molecule has 2 aliphatic rings. The lowest BCUT2D eigenvalue weighted by atomic mass is 9.88. The van der Waals surface area contributed by atoms with Gasteiger partial charge in [-0.3, -0.25) is 15.0 Å². The Bertz CT molecular complexity index is 1970. The smallest absolute Gasteiger partial charge is 0.444 e. The van der Waals surface area contributed by atoms with Gasteiger partial charge in [0.2, 0.25) is 5.82 Å². The predicted molar refractivity (Wildman–Crippen MR) is 168 cm³/mol. The van der Waals surface area contributed by atoms with Crippen LogP contribution in [0.2, 0.25) is 5.02 Å². The first-order chi connectivity index (χ1) is 22.9. The minimum atomic E-state index is -4.65. The van der Waals surface area contributed by atoms with E-state index < -0.39 is 23.6 Å². The Morgan fingerprint density at radius 1 is 1.12 bits per heavy atom. The first kappa shape index (κ1) is 32.3. The number of halogens is 5. The molecule has 0 spiro atoms. The predicted octanol–water partition coefficient (Wildman–Crippen LogP) is 7.09. The molecular weight excluding hydrogens is 654 g/mol. The third-order valence-electron chi connectivity index (χ3n) is 8.96. The van der Waals surface area contributed by atoms with Crippen LogP contribution < -0.4 is 9.47 Å². The molecule has 2 aromatic carbocycles. The van der Waals surface area contributed by atoms with Crippen molar-refractivity contribution in [3.63, 3.8) is 0 Å². The van der Waals surface area contributed by atoms with Crippen molar-refractivity contribution in [2.45, 2.75) is 63.8 Å². The molecular formula is C33H32ClF4N7O3. The van der Waals surface area contributed by atoms with Crippen LogP contribution in [-0.2, 0) is 29.8 Å². The second-order valence-corrected chi connectivity index (χ2v) is 12.7. The summed E-state index contributed by atoms with van der Waals surface area (Å²) in [6, 6.07) is 11.8. The maximum absolute atomic E-state index is 14.9. The second kappa shape index (κ2) is 12.3. The summed E-state index contributed by atoms with van der Waals surface area (Å²) in [5, 5.41) is 5.93. The van der Waals surface area contributed by atoms with Crippen molar-refractivity contribution in [2.24, 2.45) is 0 Å². The largest absolute Gasteiger partial charge is 0.451 e. The van der Waals surface area contributed by atoms with Crippen molar-refractivity contribution in [1.82, 2.24) is 34.6 Å². The molecule has 0 bridgehead atoms. The van der Waals surface area contributed by atoms with E-state index in [9.17, 15) is 17.6 Å². The number of benzene rings is 2. The van der Waals surface area contributed by atoms with Gasteiger partial charge in [0.1, 0.15) is 17.3 Å². The molecule has 252 valence electrons. The fourth-order valence-corrected chi connectivity index (χ4v) is 6.55. The van der Waals surface area contributed by atoms with E-state index in [1.807, 2.05) is 34.8 Å². The normalized spacial score (nSPS) is 19.3. The summed E-state index contributed by atoms with van der Waals surface area (Å²) in [4.78, 5) is 15.1. The van der Waals surface area contributed by atoms with E-state index in [2.05, 4.69) is 20.0 Å². The van der Waals surface area contributed by atoms with E-state index in [1.54, 1.807) is 38.4 Å². The number of hydrogen-bond acceptors (Lipinski definition) is 8. The number of hydrogen-bond donors (Lipinski definition) is 1. The second-order valence-electron chi connectivity index (χ2n) is 12.2. The third kappa shape index (κ3) is 6.08. The van der Waals surface area contributed by atoms with Crippen LogP contribution in [0.15, 0.2) is 48.7 Å². The molecule has 2 aliphatic heterocycles. The van der Waals surface area contributed by atoms with Crippen LogP contribution in [-0.4, -0.2) is 60.9 Å². The van der Waals surface area contributed by atoms with Crippen molar-refractivity contribution in [1.29, 1.82) is 0 Å². The topological polar surface area (TPSA) is 103 Å². The first-order valence-electron chi connectivity index (χ1n) is 15.5. The van der Waals surface area contributed by atoms with E-state index in [-0.39, 0.29) is 29.1 Å². The van der Waals surface area contributed by atoms with Crippen LogP contribution in [0.5, 0.6) is 11.5 Å². The number of piperidine rings is 1. The fraction of sp³-hybridized carbons (Fsp3) is 0.394. The lowest BCUT2D eigenvalue weighted by Crippen LogP contribution is -2.34. The number of nitrogens with zero attached hydrogens (tertiary/aromatic N) is 6. The van der Waals surface area contributed by atoms with Gasteiger partial charge in [0.05, 0.1) is 42.0 Å². The Balaban J connectivity index is 1.09. The van der Waals surface area contributed by atoms with Crippen LogP contribution in [0, 0.1) is 5.82 Å². The molecule has 15 heteroatoms. The van der Waals surface area contributed by atoms with Crippen molar-refractivity contribution in [3.8, 4) is 23.0 Å². The number of aromatic amines is 1. The highest BCUT2D eigenvalue weighted by Gasteiger charge is 2.43. The van der Waals surface area contributed by atoms with Crippen molar-refractivity contribution in [3.05, 3.63) is 82.3 Å². The van der Waals surface area contributed by atoms with Crippen LogP contribution in [0.1, 0.15) is 55.4 Å². The molecule has 0 amide bonds. The van der Waals surface area contributed by atoms with Gasteiger partial charge in [-0.1, -0.05) is 23.7 Å². The number of ether oxygens (including phenoxy) is 3. The molecule has 1 saturated heterocycles. The van der Waals surface area contributed by atoms with Gasteiger partial charge in [0.25, 0.3) is 5.79 Å². The lowest BCUT2D eigenvalue weighted by Gasteiger charge is -2.32. The molecule has 1 fully saturated rings. The van der Waals surface area contributed by atoms with E-state index in [0.717, 1.165) is 42.8 Å². The minimum absolute atomic E-state index is 0.122. The molecule has 0 aliphatic carbocycles. The van der Waals surface area contributed by atoms with Gasteiger partial charge in [-0.05, 0) is 69.1 Å². The van der Waals surface area contributed by atoms with E-state index in [1.165, 1.54) is 6.07 Å². The summed E-state index contributed by atoms with van der Waals surface area (Å²) < 4.78 is 74.2. The highest BCUT2D eigenvalue weighted by molar-refractivity contribution is 6.30. The average molecular weight is 686 g/mol. The fourth-order valence-electron chi connectivity index (χ4n) is 6.39. The van der Waals surface area contributed by atoms with E-state index in [0.29, 0.717) is 35.1 Å². The first-order valence-corrected chi connectivity index (χ1v) is 15.9. The zero-order valence-electron chi connectivity index (χ0n) is 26.3. The highest BCUT2D eigenvalue weighted by atomic mass is 35.5. The molecule has 0 saturated carbocycles. The van der Waals surface area contributed by atoms with Crippen LogP contribution in [0.25, 0.3) is 22.6 Å². The summed E-state index contributed by atoms with van der Waals surface area (Å²) >= 11 is 5.97. The van der Waals surface area contributed by atoms with Crippen molar-refractivity contribution >= 4 is 22.6 Å². The van der Waals surface area contributed by atoms with Crippen LogP contribution in [0.4, 0.5) is 17.6 Å². The van der Waals surface area contributed by atoms with Crippen molar-refractivity contribution in [2.75, 3.05) is 20.2 Å². The van der Waals surface area contributed by atoms with Gasteiger partial charge < -0.3 is 18.8 Å². The Kier molecular flexibility index (Phi) is 8.28. The molecule has 7 rings (SSSR count). The molecule has 0 unspecified atom stereocenters. The number of likely N-dealkylation sites (tertiary alicyclic amines) is 1. The Morgan fingerprint density at radius 3 is 2.62 bits per heavy atom. The Labute approximate surface area is 278 Å². The number of pyridine rings is 1. The summed E-state index contributed by atoms with van der Waals surface area (Å²) in [7, 11) is 1.63. The minimum Gasteiger partial charge on any atom is -0.444 e. The number of aromatic nitrogens is 6. The molecule has 1 N–H and O–H groups in total. The number of para-hydroxylation sites is 1. The number of imidazole rings is 1. The Morgan fingerprint density at radius 2 is 1.92 bits per heavy atom. The molecule has 2 atom stereocenters. The number of rotatable bonds is 8. The molecule has 48 heavy (non-hydrogen) atoms. The molecule has 10 nitrogen and oxygen atoms in total. The molecule has 0 radical (unpaired) electrons. The summed E-state index contributed by atoms with van der Waals surface area (Å²) in [5.41, 5.74) is 2.77. The van der Waals surface area contributed by atoms with Gasteiger partial charge in [-0.25, -0.2) is 14.4 Å². The van der Waals surface area contributed by atoms with Gasteiger partial charge in [-0.15, -0.1) is 0 Å². The number of H-pyrrole nitrogens is 1. The van der Waals surface area contributed by atoms with Gasteiger partial charge >= 0.3 is 6.18 Å². The lowest BCUT2D eigenvalue weighted by molar-refractivity contribution is -0.144. The maximum Gasteiger partial charge on any atom is 0.451 e. The molecule has 5 heterocycles. The van der Waals surface area contributed by atoms with E-state index in [4.69, 9.17) is 30.8 Å². The van der Waals surface area contributed by atoms with Gasteiger partial charge in [0.15, 0.2) is 17.3 Å². The summed E-state index contributed by atoms with van der Waals surface area (Å²) in [6.07, 6.45) is -1.49. The third-order valence-corrected chi connectivity index (χ3v) is 9.20. The van der Waals surface area contributed by atoms with Crippen LogP contribution >= 0.6 is 11.6 Å². The Hall–Kier alpha value is -4.27. The monoisotopic (exact) mass is 685 g/mol. The number of nitrogens with one attached hydrogen (secondary N) is 1. The maximum atomic E-state index is 14.9. The number of methoxy groups -OCH3 is 1. The average Bonchev–Trinajstić information content (AvgIpc) is 3.77. The molecule has 3 aromatic heterocycles. The van der Waals surface area contributed by atoms with Gasteiger partial charge in [-0.2, -0.15) is 18.3 Å². The summed E-state index contributed by atoms with van der Waals surface area (Å²) in [6.45, 7) is 6.27. The van der Waals surface area contributed by atoms with Crippen LogP contribution in [0.3, 0.4) is 0 Å². The van der Waals surface area contributed by atoms with E-state index >= 15 is 0 Å². The van der Waals surface area contributed by atoms with Crippen molar-refractivity contribution < 1.29 is 31.8 Å². The zero-order valence-corrected chi connectivity index (χ0v) is 27.1. The SMILES string of the molecule is CO[C@@H](C)Cn1c(CN2CCC(c3cccc4c3O[C@@](C)(c3ccc(Cl)cc3F)O4)CC2)nc2cc(-c3n[nH]c(C(F)(F)F)n3)ncc21. The standard InChI is InChI=1S/C33H32ClF4N7O3/c1-18(46-3)16-45-26-15-39-25(30-41-31(43-42-30)33(36,37)38)14-24(26)40-28(45)17-44-11-9-19(10-12-44)21-5-4-6-27-29(21)48-32(2,47-27)22-8-7-20(34)13-23(22)35/h4-8,13-15,18-19H,9-12,16-17H2,1-3H3,(H,41,42,43)/t18-,32-/m0/s1. The highest BCUT2D eigenvalue weighted by Crippen LogP contribution is 2.50. The summed E-state index contributed by atoms with van der Waals surface area (Å²) in [5.74, 6) is -0.997. The number of alkyl halides is 3. The molecule has 5 aromatic rings. The zero-order chi connectivity index (χ0) is 33.8. The number of fused-ring (bicyclic) bond motifs is 2. The van der Waals surface area contributed by atoms with Gasteiger partial charge in [0, 0.05) is 24.6 Å².